The minimum atomic E-state index is 0.405. The van der Waals surface area contributed by atoms with E-state index < -0.39 is 0 Å². The average molecular weight is 277 g/mol. The van der Waals surface area contributed by atoms with Crippen molar-refractivity contribution in [3.8, 4) is 5.75 Å². The van der Waals surface area contributed by atoms with E-state index in [2.05, 4.69) is 44.3 Å². The fourth-order valence-electron chi connectivity index (χ4n) is 2.70. The van der Waals surface area contributed by atoms with Crippen molar-refractivity contribution in [1.82, 2.24) is 5.32 Å². The highest BCUT2D eigenvalue weighted by molar-refractivity contribution is 5.36. The van der Waals surface area contributed by atoms with E-state index in [0.717, 1.165) is 25.4 Å². The highest BCUT2D eigenvalue weighted by Gasteiger charge is 2.14. The number of hydrogen-bond acceptors (Lipinski definition) is 3. The van der Waals surface area contributed by atoms with E-state index in [4.69, 9.17) is 9.47 Å². The van der Waals surface area contributed by atoms with Crippen molar-refractivity contribution in [3.63, 3.8) is 0 Å². The molecule has 0 amide bonds. The van der Waals surface area contributed by atoms with Crippen molar-refractivity contribution in [2.45, 2.75) is 45.6 Å². The van der Waals surface area contributed by atoms with Crippen LogP contribution in [0, 0.1) is 6.92 Å². The molecule has 0 aliphatic carbocycles. The molecule has 3 heteroatoms. The van der Waals surface area contributed by atoms with Gasteiger partial charge in [-0.05, 0) is 48.9 Å². The Balaban J connectivity index is 1.67. The SMILES string of the molecule is Cc1cc(OCCNCC2CCCO2)ccc1C(C)C. The molecule has 0 radical (unpaired) electrons. The van der Waals surface area contributed by atoms with Crippen molar-refractivity contribution < 1.29 is 9.47 Å². The summed E-state index contributed by atoms with van der Waals surface area (Å²) in [5, 5.41) is 3.39. The van der Waals surface area contributed by atoms with E-state index in [9.17, 15) is 0 Å². The lowest BCUT2D eigenvalue weighted by Gasteiger charge is -2.13. The summed E-state index contributed by atoms with van der Waals surface area (Å²) in [6.45, 7) is 10.0. The van der Waals surface area contributed by atoms with Gasteiger partial charge in [0, 0.05) is 19.7 Å². The van der Waals surface area contributed by atoms with Gasteiger partial charge in [-0.25, -0.2) is 0 Å². The number of ether oxygens (including phenoxy) is 2. The van der Waals surface area contributed by atoms with E-state index in [0.29, 0.717) is 18.6 Å². The van der Waals surface area contributed by atoms with E-state index in [1.54, 1.807) is 0 Å². The minimum absolute atomic E-state index is 0.405. The zero-order chi connectivity index (χ0) is 14.4. The number of aryl methyl sites for hydroxylation is 1. The average Bonchev–Trinajstić information content (AvgIpc) is 2.91. The van der Waals surface area contributed by atoms with Crippen molar-refractivity contribution in [2.75, 3.05) is 26.3 Å². The summed E-state index contributed by atoms with van der Waals surface area (Å²) in [6, 6.07) is 6.38. The predicted octanol–water partition coefficient (Wildman–Crippen LogP) is 3.27. The molecule has 0 bridgehead atoms. The molecule has 0 saturated carbocycles. The van der Waals surface area contributed by atoms with Crippen LogP contribution in [0.2, 0.25) is 0 Å². The van der Waals surface area contributed by atoms with Gasteiger partial charge in [0.25, 0.3) is 0 Å². The van der Waals surface area contributed by atoms with E-state index in [1.165, 1.54) is 24.0 Å². The van der Waals surface area contributed by atoms with Gasteiger partial charge in [-0.1, -0.05) is 19.9 Å². The predicted molar refractivity (Wildman–Crippen MR) is 82.6 cm³/mol. The first kappa shape index (κ1) is 15.3. The first-order valence-corrected chi connectivity index (χ1v) is 7.72. The highest BCUT2D eigenvalue weighted by Crippen LogP contribution is 2.23. The largest absolute Gasteiger partial charge is 0.492 e. The Labute approximate surface area is 122 Å². The maximum absolute atomic E-state index is 5.78. The monoisotopic (exact) mass is 277 g/mol. The molecular formula is C17H27NO2. The van der Waals surface area contributed by atoms with Crippen LogP contribution in [0.3, 0.4) is 0 Å². The molecule has 20 heavy (non-hydrogen) atoms. The molecule has 0 aromatic heterocycles. The first-order valence-electron chi connectivity index (χ1n) is 7.72. The number of rotatable bonds is 7. The Morgan fingerprint density at radius 3 is 2.90 bits per heavy atom. The zero-order valence-electron chi connectivity index (χ0n) is 12.9. The fraction of sp³-hybridized carbons (Fsp3) is 0.647. The first-order chi connectivity index (χ1) is 9.66. The zero-order valence-corrected chi connectivity index (χ0v) is 12.9. The van der Waals surface area contributed by atoms with E-state index >= 15 is 0 Å². The summed E-state index contributed by atoms with van der Waals surface area (Å²) in [7, 11) is 0. The second kappa shape index (κ2) is 7.65. The summed E-state index contributed by atoms with van der Waals surface area (Å²) in [5.41, 5.74) is 2.71. The van der Waals surface area contributed by atoms with Crippen LogP contribution in [0.15, 0.2) is 18.2 Å². The lowest BCUT2D eigenvalue weighted by Crippen LogP contribution is -2.29. The molecule has 1 aliphatic heterocycles. The molecule has 1 unspecified atom stereocenters. The summed E-state index contributed by atoms with van der Waals surface area (Å²) in [4.78, 5) is 0. The van der Waals surface area contributed by atoms with Crippen LogP contribution in [0.25, 0.3) is 0 Å². The van der Waals surface area contributed by atoms with Gasteiger partial charge in [-0.3, -0.25) is 0 Å². The lowest BCUT2D eigenvalue weighted by molar-refractivity contribution is 0.109. The maximum Gasteiger partial charge on any atom is 0.119 e. The highest BCUT2D eigenvalue weighted by atomic mass is 16.5. The van der Waals surface area contributed by atoms with Gasteiger partial charge >= 0.3 is 0 Å². The van der Waals surface area contributed by atoms with Gasteiger partial charge in [0.2, 0.25) is 0 Å². The Morgan fingerprint density at radius 1 is 1.40 bits per heavy atom. The molecule has 1 fully saturated rings. The molecule has 112 valence electrons. The summed E-state index contributed by atoms with van der Waals surface area (Å²) >= 11 is 0. The molecular weight excluding hydrogens is 250 g/mol. The van der Waals surface area contributed by atoms with Gasteiger partial charge < -0.3 is 14.8 Å². The van der Waals surface area contributed by atoms with Crippen LogP contribution in [0.4, 0.5) is 0 Å². The quantitative estimate of drug-likeness (QED) is 0.776. The van der Waals surface area contributed by atoms with Crippen LogP contribution >= 0.6 is 0 Å². The molecule has 3 nitrogen and oxygen atoms in total. The second-order valence-electron chi connectivity index (χ2n) is 5.86. The number of benzene rings is 1. The molecule has 1 saturated heterocycles. The minimum Gasteiger partial charge on any atom is -0.492 e. The van der Waals surface area contributed by atoms with Crippen molar-refractivity contribution >= 4 is 0 Å². The van der Waals surface area contributed by atoms with Crippen LogP contribution in [0.1, 0.15) is 43.7 Å². The topological polar surface area (TPSA) is 30.5 Å². The van der Waals surface area contributed by atoms with Crippen molar-refractivity contribution in [3.05, 3.63) is 29.3 Å². The van der Waals surface area contributed by atoms with Crippen LogP contribution < -0.4 is 10.1 Å². The fourth-order valence-corrected chi connectivity index (χ4v) is 2.70. The third-order valence-electron chi connectivity index (χ3n) is 3.81. The number of hydrogen-bond donors (Lipinski definition) is 1. The van der Waals surface area contributed by atoms with Gasteiger partial charge in [0.15, 0.2) is 0 Å². The third kappa shape index (κ3) is 4.50. The van der Waals surface area contributed by atoms with Gasteiger partial charge in [-0.15, -0.1) is 0 Å². The van der Waals surface area contributed by atoms with E-state index in [-0.39, 0.29) is 0 Å². The lowest BCUT2D eigenvalue weighted by atomic mass is 9.98. The Morgan fingerprint density at radius 2 is 2.25 bits per heavy atom. The second-order valence-corrected chi connectivity index (χ2v) is 5.86. The van der Waals surface area contributed by atoms with Gasteiger partial charge in [0.05, 0.1) is 6.10 Å². The molecule has 1 aromatic carbocycles. The van der Waals surface area contributed by atoms with Crippen LogP contribution in [-0.4, -0.2) is 32.4 Å². The van der Waals surface area contributed by atoms with Gasteiger partial charge in [-0.2, -0.15) is 0 Å². The molecule has 1 aromatic rings. The molecule has 1 aliphatic rings. The van der Waals surface area contributed by atoms with Crippen molar-refractivity contribution in [2.24, 2.45) is 0 Å². The molecule has 1 N–H and O–H groups in total. The third-order valence-corrected chi connectivity index (χ3v) is 3.81. The number of nitrogens with one attached hydrogen (secondary N) is 1. The maximum atomic E-state index is 5.78. The smallest absolute Gasteiger partial charge is 0.119 e. The standard InChI is InChI=1S/C17H27NO2/c1-13(2)17-7-6-15(11-14(17)3)20-10-8-18-12-16-5-4-9-19-16/h6-7,11,13,16,18H,4-5,8-10,12H2,1-3H3. The Bertz CT molecular complexity index is 411. The van der Waals surface area contributed by atoms with Crippen LogP contribution in [-0.2, 0) is 4.74 Å². The van der Waals surface area contributed by atoms with Gasteiger partial charge in [0.1, 0.15) is 12.4 Å². The summed E-state index contributed by atoms with van der Waals surface area (Å²) in [6.07, 6.45) is 2.79. The molecule has 0 spiro atoms. The van der Waals surface area contributed by atoms with Crippen LogP contribution in [0.5, 0.6) is 5.75 Å². The summed E-state index contributed by atoms with van der Waals surface area (Å²) < 4.78 is 11.3. The Hall–Kier alpha value is -1.06. The van der Waals surface area contributed by atoms with E-state index in [1.807, 2.05) is 0 Å². The molecule has 2 rings (SSSR count). The Kier molecular flexibility index (Phi) is 5.86. The van der Waals surface area contributed by atoms with Crippen molar-refractivity contribution in [1.29, 1.82) is 0 Å². The normalized spacial score (nSPS) is 18.7. The summed E-state index contributed by atoms with van der Waals surface area (Å²) in [5.74, 6) is 1.53. The molecule has 1 heterocycles. The molecule has 1 atom stereocenters.